The first-order valence-corrected chi connectivity index (χ1v) is 8.71. The van der Waals surface area contributed by atoms with Crippen molar-refractivity contribution in [2.45, 2.75) is 12.8 Å². The number of rotatable bonds is 5. The van der Waals surface area contributed by atoms with Gasteiger partial charge in [0.15, 0.2) is 0 Å². The highest BCUT2D eigenvalue weighted by Crippen LogP contribution is 2.33. The van der Waals surface area contributed by atoms with Crippen LogP contribution in [0, 0.1) is 12.9 Å². The minimum atomic E-state index is -0.602. The van der Waals surface area contributed by atoms with E-state index in [-0.39, 0.29) is 6.61 Å². The maximum Gasteiger partial charge on any atom is 0.249 e. The molecule has 0 fully saturated rings. The average Bonchev–Trinajstić information content (AvgIpc) is 2.64. The van der Waals surface area contributed by atoms with Crippen molar-refractivity contribution in [1.82, 2.24) is 4.98 Å². The topological polar surface area (TPSA) is 76.2 Å². The van der Waals surface area contributed by atoms with Gasteiger partial charge in [0.25, 0.3) is 0 Å². The molecule has 3 aromatic rings. The molecule has 3 rings (SSSR count). The molecule has 1 amide bonds. The molecule has 0 radical (unpaired) electrons. The second-order valence-electron chi connectivity index (χ2n) is 6.28. The molecule has 4 nitrogen and oxygen atoms in total. The van der Waals surface area contributed by atoms with Crippen molar-refractivity contribution >= 4 is 17.5 Å². The van der Waals surface area contributed by atoms with Crippen LogP contribution in [-0.4, -0.2) is 22.6 Å². The van der Waals surface area contributed by atoms with Gasteiger partial charge in [-0.3, -0.25) is 4.79 Å². The monoisotopic (exact) mass is 384 g/mol. The van der Waals surface area contributed by atoms with Crippen molar-refractivity contribution < 1.29 is 14.3 Å². The zero-order chi connectivity index (χ0) is 19.6. The van der Waals surface area contributed by atoms with Gasteiger partial charge in [-0.2, -0.15) is 4.39 Å². The third-order valence-electron chi connectivity index (χ3n) is 4.51. The fraction of sp³-hybridized carbons (Fsp3) is 0.143. The first-order valence-electron chi connectivity index (χ1n) is 8.33. The number of amides is 1. The van der Waals surface area contributed by atoms with E-state index in [2.05, 4.69) is 4.98 Å². The molecule has 0 aliphatic rings. The molecule has 138 valence electrons. The zero-order valence-electron chi connectivity index (χ0n) is 14.6. The van der Waals surface area contributed by atoms with E-state index in [9.17, 15) is 14.3 Å². The Morgan fingerprint density at radius 1 is 1.26 bits per heavy atom. The van der Waals surface area contributed by atoms with Crippen LogP contribution in [0.4, 0.5) is 4.39 Å². The number of halogens is 2. The van der Waals surface area contributed by atoms with Crippen LogP contribution in [0.15, 0.2) is 54.7 Å². The maximum atomic E-state index is 13.6. The number of nitrogens with zero attached hydrogens (tertiary/aromatic N) is 1. The molecule has 0 bridgehead atoms. The Morgan fingerprint density at radius 3 is 2.70 bits per heavy atom. The maximum absolute atomic E-state index is 13.6. The molecule has 1 unspecified atom stereocenters. The van der Waals surface area contributed by atoms with Crippen molar-refractivity contribution in [3.05, 3.63) is 88.0 Å². The van der Waals surface area contributed by atoms with Crippen LogP contribution in [0.2, 0.25) is 5.02 Å². The van der Waals surface area contributed by atoms with Crippen molar-refractivity contribution in [3.8, 4) is 11.1 Å². The Bertz CT molecular complexity index is 1010. The van der Waals surface area contributed by atoms with Crippen molar-refractivity contribution in [2.75, 3.05) is 6.61 Å². The summed E-state index contributed by atoms with van der Waals surface area (Å²) in [5.41, 5.74) is 9.29. The molecule has 3 N–H and O–H groups in total. The lowest BCUT2D eigenvalue weighted by Crippen LogP contribution is -2.18. The van der Waals surface area contributed by atoms with Gasteiger partial charge in [-0.15, -0.1) is 0 Å². The highest BCUT2D eigenvalue weighted by molar-refractivity contribution is 6.30. The number of nitrogens with two attached hydrogens (primary N) is 1. The van der Waals surface area contributed by atoms with Gasteiger partial charge in [0.05, 0.1) is 6.61 Å². The molecular weight excluding hydrogens is 367 g/mol. The lowest BCUT2D eigenvalue weighted by Gasteiger charge is -2.20. The molecule has 27 heavy (non-hydrogen) atoms. The van der Waals surface area contributed by atoms with Crippen LogP contribution in [0.5, 0.6) is 0 Å². The molecule has 1 aromatic heterocycles. The largest absolute Gasteiger partial charge is 0.395 e. The Morgan fingerprint density at radius 2 is 2.04 bits per heavy atom. The van der Waals surface area contributed by atoms with E-state index in [0.717, 1.165) is 11.1 Å². The highest BCUT2D eigenvalue weighted by Gasteiger charge is 2.21. The van der Waals surface area contributed by atoms with Gasteiger partial charge < -0.3 is 10.8 Å². The van der Waals surface area contributed by atoms with E-state index in [1.807, 2.05) is 13.0 Å². The normalized spacial score (nSPS) is 12.0. The molecule has 1 heterocycles. The second-order valence-corrected chi connectivity index (χ2v) is 6.71. The standard InChI is InChI=1S/C21H18ClFN2O2/c1-12-10-25-20(23)9-17(12)14-5-6-16(21(24)27)18(8-14)19(11-26)13-3-2-4-15(22)7-13/h2-10,19,26H,11H2,1H3,(H2,24,27). The summed E-state index contributed by atoms with van der Waals surface area (Å²) >= 11 is 6.08. The van der Waals surface area contributed by atoms with Crippen LogP contribution in [-0.2, 0) is 0 Å². The Labute approximate surface area is 161 Å². The number of aliphatic hydroxyl groups excluding tert-OH is 1. The third kappa shape index (κ3) is 3.99. The number of carbonyl (C=O) groups excluding carboxylic acids is 1. The van der Waals surface area contributed by atoms with E-state index in [1.54, 1.807) is 36.4 Å². The van der Waals surface area contributed by atoms with Crippen molar-refractivity contribution in [1.29, 1.82) is 0 Å². The van der Waals surface area contributed by atoms with Gasteiger partial charge in [-0.05, 0) is 59.0 Å². The third-order valence-corrected chi connectivity index (χ3v) is 4.74. The Hall–Kier alpha value is -2.76. The molecule has 1 atom stereocenters. The second kappa shape index (κ2) is 7.86. The number of hydrogen-bond acceptors (Lipinski definition) is 3. The van der Waals surface area contributed by atoms with E-state index >= 15 is 0 Å². The van der Waals surface area contributed by atoms with E-state index in [0.29, 0.717) is 27.3 Å². The molecular formula is C21H18ClFN2O2. The minimum absolute atomic E-state index is 0.242. The summed E-state index contributed by atoms with van der Waals surface area (Å²) in [7, 11) is 0. The van der Waals surface area contributed by atoms with Crippen LogP contribution < -0.4 is 5.73 Å². The van der Waals surface area contributed by atoms with E-state index < -0.39 is 17.8 Å². The summed E-state index contributed by atoms with van der Waals surface area (Å²) < 4.78 is 13.6. The lowest BCUT2D eigenvalue weighted by atomic mass is 9.86. The molecule has 0 aliphatic carbocycles. The average molecular weight is 385 g/mol. The van der Waals surface area contributed by atoms with Crippen molar-refractivity contribution in [2.24, 2.45) is 5.73 Å². The number of carbonyl (C=O) groups is 1. The number of aromatic nitrogens is 1. The number of pyridine rings is 1. The number of hydrogen-bond donors (Lipinski definition) is 2. The van der Waals surface area contributed by atoms with Gasteiger partial charge in [-0.25, -0.2) is 4.98 Å². The molecule has 0 aliphatic heterocycles. The summed E-state index contributed by atoms with van der Waals surface area (Å²) in [6, 6.07) is 13.5. The van der Waals surface area contributed by atoms with E-state index in [4.69, 9.17) is 17.3 Å². The van der Waals surface area contributed by atoms with Crippen LogP contribution >= 0.6 is 11.6 Å². The summed E-state index contributed by atoms with van der Waals surface area (Å²) in [4.78, 5) is 15.6. The van der Waals surface area contributed by atoms with Crippen LogP contribution in [0.25, 0.3) is 11.1 Å². The molecule has 0 spiro atoms. The number of benzene rings is 2. The van der Waals surface area contributed by atoms with Gasteiger partial charge in [0, 0.05) is 28.8 Å². The van der Waals surface area contributed by atoms with Gasteiger partial charge in [0.1, 0.15) is 0 Å². The summed E-state index contributed by atoms with van der Waals surface area (Å²) in [6.07, 6.45) is 1.45. The minimum Gasteiger partial charge on any atom is -0.395 e. The SMILES string of the molecule is Cc1cnc(F)cc1-c1ccc(C(N)=O)c(C(CO)c2cccc(Cl)c2)c1. The summed E-state index contributed by atoms with van der Waals surface area (Å²) in [5.74, 6) is -1.70. The first kappa shape index (κ1) is 19.0. The molecule has 0 saturated carbocycles. The van der Waals surface area contributed by atoms with Crippen molar-refractivity contribution in [3.63, 3.8) is 0 Å². The zero-order valence-corrected chi connectivity index (χ0v) is 15.4. The van der Waals surface area contributed by atoms with Gasteiger partial charge >= 0.3 is 0 Å². The number of aliphatic hydroxyl groups is 1. The molecule has 0 saturated heterocycles. The Kier molecular flexibility index (Phi) is 5.54. The fourth-order valence-electron chi connectivity index (χ4n) is 3.16. The smallest absolute Gasteiger partial charge is 0.249 e. The number of primary amides is 1. The van der Waals surface area contributed by atoms with Gasteiger partial charge in [-0.1, -0.05) is 29.8 Å². The first-order chi connectivity index (χ1) is 12.9. The summed E-state index contributed by atoms with van der Waals surface area (Å²) in [6.45, 7) is 1.58. The molecule has 6 heteroatoms. The fourth-order valence-corrected chi connectivity index (χ4v) is 3.36. The Balaban J connectivity index is 2.20. The summed E-state index contributed by atoms with van der Waals surface area (Å²) in [5, 5.41) is 10.5. The highest BCUT2D eigenvalue weighted by atomic mass is 35.5. The quantitative estimate of drug-likeness (QED) is 0.651. The predicted octanol–water partition coefficient (Wildman–Crippen LogP) is 4.07. The molecule has 2 aromatic carbocycles. The van der Waals surface area contributed by atoms with Crippen LogP contribution in [0.1, 0.15) is 33.0 Å². The lowest BCUT2D eigenvalue weighted by molar-refractivity contribution is 0.0999. The predicted molar refractivity (Wildman–Crippen MR) is 103 cm³/mol. The van der Waals surface area contributed by atoms with E-state index in [1.165, 1.54) is 12.3 Å². The number of aryl methyl sites for hydroxylation is 1. The van der Waals surface area contributed by atoms with Gasteiger partial charge in [0.2, 0.25) is 11.9 Å². The van der Waals surface area contributed by atoms with Crippen LogP contribution in [0.3, 0.4) is 0 Å².